The van der Waals surface area contributed by atoms with Crippen LogP contribution in [-0.2, 0) is 16.6 Å². The van der Waals surface area contributed by atoms with E-state index in [-0.39, 0.29) is 11.1 Å². The van der Waals surface area contributed by atoms with Crippen molar-refractivity contribution in [3.63, 3.8) is 0 Å². The first-order valence-electron chi connectivity index (χ1n) is 5.87. The smallest absolute Gasteiger partial charge is 0.261 e. The van der Waals surface area contributed by atoms with Crippen LogP contribution in [0.1, 0.15) is 18.4 Å². The van der Waals surface area contributed by atoms with Crippen LogP contribution in [0.3, 0.4) is 0 Å². The van der Waals surface area contributed by atoms with Gasteiger partial charge in [0, 0.05) is 25.3 Å². The summed E-state index contributed by atoms with van der Waals surface area (Å²) in [6.07, 6.45) is 4.93. The summed E-state index contributed by atoms with van der Waals surface area (Å²) in [4.78, 5) is 3.99. The molecule has 0 unspecified atom stereocenters. The zero-order valence-electron chi connectivity index (χ0n) is 10.1. The Hall–Kier alpha value is -1.24. The Morgan fingerprint density at radius 3 is 2.67 bits per heavy atom. The van der Waals surface area contributed by atoms with Crippen LogP contribution in [0.4, 0.5) is 0 Å². The van der Waals surface area contributed by atoms with E-state index >= 15 is 0 Å². The number of rotatable bonds is 6. The second-order valence-electron chi connectivity index (χ2n) is 4.30. The molecule has 1 saturated carbocycles. The van der Waals surface area contributed by atoms with Crippen molar-refractivity contribution in [1.82, 2.24) is 9.29 Å². The first-order valence-corrected chi connectivity index (χ1v) is 7.31. The first kappa shape index (κ1) is 13.2. The molecule has 0 spiro atoms. The third kappa shape index (κ3) is 2.60. The van der Waals surface area contributed by atoms with Crippen LogP contribution >= 0.6 is 0 Å². The highest BCUT2D eigenvalue weighted by atomic mass is 32.2. The molecule has 1 aliphatic carbocycles. The number of hydrogen-bond acceptors (Lipinski definition) is 4. The summed E-state index contributed by atoms with van der Waals surface area (Å²) in [6, 6.07) is 3.30. The fourth-order valence-corrected chi connectivity index (χ4v) is 3.31. The van der Waals surface area contributed by atoms with Gasteiger partial charge < -0.3 is 5.73 Å². The lowest BCUT2D eigenvalue weighted by molar-refractivity contribution is 0.433. The molecule has 0 amide bonds. The quantitative estimate of drug-likeness (QED) is 0.776. The van der Waals surface area contributed by atoms with Gasteiger partial charge in [0.1, 0.15) is 0 Å². The summed E-state index contributed by atoms with van der Waals surface area (Å²) in [5, 5.41) is 0.0773. The summed E-state index contributed by atoms with van der Waals surface area (Å²) < 4.78 is 26.2. The summed E-state index contributed by atoms with van der Waals surface area (Å²) in [5.41, 5.74) is 6.28. The van der Waals surface area contributed by atoms with Crippen LogP contribution in [0.2, 0.25) is 0 Å². The molecule has 1 aliphatic rings. The normalized spacial score (nSPS) is 15.9. The number of hydrogen-bond donors (Lipinski definition) is 1. The van der Waals surface area contributed by atoms with E-state index in [9.17, 15) is 8.42 Å². The van der Waals surface area contributed by atoms with E-state index < -0.39 is 10.0 Å². The van der Waals surface area contributed by atoms with Gasteiger partial charge in [-0.15, -0.1) is 6.58 Å². The van der Waals surface area contributed by atoms with Crippen LogP contribution in [0.5, 0.6) is 0 Å². The van der Waals surface area contributed by atoms with Gasteiger partial charge in [-0.2, -0.15) is 4.31 Å². The monoisotopic (exact) mass is 267 g/mol. The topological polar surface area (TPSA) is 76.3 Å². The van der Waals surface area contributed by atoms with Gasteiger partial charge in [0.2, 0.25) is 0 Å². The van der Waals surface area contributed by atoms with Gasteiger partial charge >= 0.3 is 0 Å². The summed E-state index contributed by atoms with van der Waals surface area (Å²) in [6.45, 7) is 4.28. The Kier molecular flexibility index (Phi) is 3.79. The van der Waals surface area contributed by atoms with E-state index in [1.807, 2.05) is 0 Å². The summed E-state index contributed by atoms with van der Waals surface area (Å²) >= 11 is 0. The van der Waals surface area contributed by atoms with Gasteiger partial charge in [0.05, 0.1) is 0 Å². The number of nitrogens with zero attached hydrogens (tertiary/aromatic N) is 2. The Morgan fingerprint density at radius 2 is 2.22 bits per heavy atom. The molecule has 1 fully saturated rings. The zero-order valence-corrected chi connectivity index (χ0v) is 10.9. The van der Waals surface area contributed by atoms with Gasteiger partial charge in [-0.25, -0.2) is 13.4 Å². The van der Waals surface area contributed by atoms with Crippen molar-refractivity contribution in [2.45, 2.75) is 30.5 Å². The zero-order chi connectivity index (χ0) is 13.2. The Morgan fingerprint density at radius 1 is 1.50 bits per heavy atom. The first-order chi connectivity index (χ1) is 8.59. The maximum atomic E-state index is 12.4. The van der Waals surface area contributed by atoms with Crippen molar-refractivity contribution in [2.24, 2.45) is 5.73 Å². The Bertz CT molecular complexity index is 521. The van der Waals surface area contributed by atoms with Crippen molar-refractivity contribution in [2.75, 3.05) is 6.54 Å². The van der Waals surface area contributed by atoms with E-state index in [0.29, 0.717) is 13.1 Å². The lowest BCUT2D eigenvalue weighted by Crippen LogP contribution is -2.33. The molecule has 0 aromatic carbocycles. The molecule has 0 atom stereocenters. The van der Waals surface area contributed by atoms with Crippen LogP contribution in [-0.4, -0.2) is 30.3 Å². The van der Waals surface area contributed by atoms with E-state index in [4.69, 9.17) is 5.73 Å². The SMILES string of the molecule is C=CCN(C1CC1)S(=O)(=O)c1ccc(CN)cn1. The van der Waals surface area contributed by atoms with Gasteiger partial charge in [-0.3, -0.25) is 0 Å². The van der Waals surface area contributed by atoms with Gasteiger partial charge in [0.25, 0.3) is 10.0 Å². The molecular formula is C12H17N3O2S. The molecule has 1 aromatic rings. The van der Waals surface area contributed by atoms with Crippen molar-refractivity contribution in [3.05, 3.63) is 36.5 Å². The minimum Gasteiger partial charge on any atom is -0.326 e. The average molecular weight is 267 g/mol. The minimum atomic E-state index is -3.51. The highest BCUT2D eigenvalue weighted by molar-refractivity contribution is 7.89. The molecule has 18 heavy (non-hydrogen) atoms. The molecule has 1 aromatic heterocycles. The molecule has 98 valence electrons. The van der Waals surface area contributed by atoms with Crippen molar-refractivity contribution in [3.8, 4) is 0 Å². The number of aromatic nitrogens is 1. The lowest BCUT2D eigenvalue weighted by Gasteiger charge is -2.19. The van der Waals surface area contributed by atoms with Crippen molar-refractivity contribution in [1.29, 1.82) is 0 Å². The minimum absolute atomic E-state index is 0.0773. The molecule has 6 heteroatoms. The fraction of sp³-hybridized carbons (Fsp3) is 0.417. The van der Waals surface area contributed by atoms with E-state index in [1.165, 1.54) is 16.6 Å². The molecule has 0 aliphatic heterocycles. The molecule has 1 heterocycles. The Balaban J connectivity index is 2.29. The summed E-state index contributed by atoms with van der Waals surface area (Å²) in [5.74, 6) is 0. The molecule has 5 nitrogen and oxygen atoms in total. The molecule has 0 radical (unpaired) electrons. The largest absolute Gasteiger partial charge is 0.326 e. The number of nitrogens with two attached hydrogens (primary N) is 1. The van der Waals surface area contributed by atoms with Crippen LogP contribution in [0.15, 0.2) is 36.0 Å². The number of sulfonamides is 1. The van der Waals surface area contributed by atoms with Crippen molar-refractivity contribution >= 4 is 10.0 Å². The molecule has 0 saturated heterocycles. The highest BCUT2D eigenvalue weighted by Gasteiger charge is 2.37. The standard InChI is InChI=1S/C12H17N3O2S/c1-2-7-15(11-4-5-11)18(16,17)12-6-3-10(8-13)9-14-12/h2-3,6,9,11H,1,4-5,7-8,13H2. The predicted molar refractivity (Wildman–Crippen MR) is 69.2 cm³/mol. The second-order valence-corrected chi connectivity index (χ2v) is 6.14. The third-order valence-corrected chi connectivity index (χ3v) is 4.70. The molecular weight excluding hydrogens is 250 g/mol. The van der Waals surface area contributed by atoms with E-state index in [1.54, 1.807) is 12.1 Å². The third-order valence-electron chi connectivity index (χ3n) is 2.87. The van der Waals surface area contributed by atoms with E-state index in [0.717, 1.165) is 18.4 Å². The highest BCUT2D eigenvalue weighted by Crippen LogP contribution is 2.31. The second kappa shape index (κ2) is 5.17. The molecule has 2 rings (SSSR count). The fourth-order valence-electron chi connectivity index (χ4n) is 1.74. The maximum Gasteiger partial charge on any atom is 0.261 e. The van der Waals surface area contributed by atoms with Gasteiger partial charge in [-0.05, 0) is 24.5 Å². The lowest BCUT2D eigenvalue weighted by atomic mass is 10.3. The number of pyridine rings is 1. The van der Waals surface area contributed by atoms with Crippen LogP contribution in [0.25, 0.3) is 0 Å². The van der Waals surface area contributed by atoms with Gasteiger partial charge in [0.15, 0.2) is 5.03 Å². The van der Waals surface area contributed by atoms with E-state index in [2.05, 4.69) is 11.6 Å². The summed E-state index contributed by atoms with van der Waals surface area (Å²) in [7, 11) is -3.51. The maximum absolute atomic E-state index is 12.4. The van der Waals surface area contributed by atoms with Crippen LogP contribution < -0.4 is 5.73 Å². The predicted octanol–water partition coefficient (Wildman–Crippen LogP) is 0.879. The Labute approximate surface area is 107 Å². The average Bonchev–Trinajstić information content (AvgIpc) is 3.20. The van der Waals surface area contributed by atoms with Crippen LogP contribution in [0, 0.1) is 0 Å². The molecule has 2 N–H and O–H groups in total. The molecule has 0 bridgehead atoms. The van der Waals surface area contributed by atoms with Crippen molar-refractivity contribution < 1.29 is 8.42 Å². The van der Waals surface area contributed by atoms with Gasteiger partial charge in [-0.1, -0.05) is 12.1 Å².